The molecule has 1 fully saturated rings. The molecule has 0 aliphatic carbocycles. The van der Waals surface area contributed by atoms with Crippen LogP contribution in [0.5, 0.6) is 5.75 Å². The van der Waals surface area contributed by atoms with Crippen LogP contribution in [0.3, 0.4) is 0 Å². The van der Waals surface area contributed by atoms with Crippen molar-refractivity contribution in [1.82, 2.24) is 0 Å². The average Bonchev–Trinajstić information content (AvgIpc) is 2.68. The van der Waals surface area contributed by atoms with E-state index in [2.05, 4.69) is 10.2 Å². The van der Waals surface area contributed by atoms with Crippen LogP contribution in [-0.2, 0) is 9.53 Å². The number of carbonyl (C=O) groups is 1. The number of morpholine rings is 1. The number of hydrogen-bond donors (Lipinski definition) is 1. The summed E-state index contributed by atoms with van der Waals surface area (Å²) < 4.78 is 10.7. The third kappa shape index (κ3) is 4.90. The van der Waals surface area contributed by atoms with E-state index in [4.69, 9.17) is 9.47 Å². The SMILES string of the molecule is COc1ccccc1SCC(=O)Nc1ccc(N2CCOCC2)cc1. The number of hydrogen-bond acceptors (Lipinski definition) is 5. The summed E-state index contributed by atoms with van der Waals surface area (Å²) in [4.78, 5) is 15.4. The van der Waals surface area contributed by atoms with E-state index in [1.807, 2.05) is 48.5 Å². The summed E-state index contributed by atoms with van der Waals surface area (Å²) in [7, 11) is 1.63. The maximum Gasteiger partial charge on any atom is 0.234 e. The Morgan fingerprint density at radius 3 is 2.60 bits per heavy atom. The lowest BCUT2D eigenvalue weighted by atomic mass is 10.2. The van der Waals surface area contributed by atoms with Crippen LogP contribution in [0.1, 0.15) is 0 Å². The van der Waals surface area contributed by atoms with Gasteiger partial charge in [0.2, 0.25) is 5.91 Å². The van der Waals surface area contributed by atoms with Crippen molar-refractivity contribution in [3.05, 3.63) is 48.5 Å². The van der Waals surface area contributed by atoms with Crippen LogP contribution in [0.4, 0.5) is 11.4 Å². The Morgan fingerprint density at radius 1 is 1.16 bits per heavy atom. The fourth-order valence-electron chi connectivity index (χ4n) is 2.66. The highest BCUT2D eigenvalue weighted by Gasteiger charge is 2.11. The van der Waals surface area contributed by atoms with Gasteiger partial charge in [0.1, 0.15) is 5.75 Å². The molecule has 0 unspecified atom stereocenters. The van der Waals surface area contributed by atoms with Gasteiger partial charge < -0.3 is 19.7 Å². The zero-order valence-corrected chi connectivity index (χ0v) is 15.1. The van der Waals surface area contributed by atoms with Gasteiger partial charge >= 0.3 is 0 Å². The second kappa shape index (κ2) is 8.78. The van der Waals surface area contributed by atoms with E-state index >= 15 is 0 Å². The summed E-state index contributed by atoms with van der Waals surface area (Å²) in [5, 5.41) is 2.94. The lowest BCUT2D eigenvalue weighted by Crippen LogP contribution is -2.36. The highest BCUT2D eigenvalue weighted by molar-refractivity contribution is 8.00. The van der Waals surface area contributed by atoms with Crippen LogP contribution >= 0.6 is 11.8 Å². The van der Waals surface area contributed by atoms with Crippen molar-refractivity contribution >= 4 is 29.0 Å². The minimum Gasteiger partial charge on any atom is -0.496 e. The highest BCUT2D eigenvalue weighted by atomic mass is 32.2. The largest absolute Gasteiger partial charge is 0.496 e. The number of thioether (sulfide) groups is 1. The van der Waals surface area contributed by atoms with Crippen LogP contribution in [0, 0.1) is 0 Å². The van der Waals surface area contributed by atoms with E-state index in [0.29, 0.717) is 5.75 Å². The Bertz CT molecular complexity index is 700. The van der Waals surface area contributed by atoms with Gasteiger partial charge in [-0.05, 0) is 36.4 Å². The van der Waals surface area contributed by atoms with Crippen LogP contribution in [0.15, 0.2) is 53.4 Å². The zero-order chi connectivity index (χ0) is 17.5. The normalized spacial score (nSPS) is 14.2. The van der Waals surface area contributed by atoms with E-state index in [0.717, 1.165) is 48.3 Å². The van der Waals surface area contributed by atoms with Crippen molar-refractivity contribution in [2.24, 2.45) is 0 Å². The zero-order valence-electron chi connectivity index (χ0n) is 14.2. The van der Waals surface area contributed by atoms with Crippen LogP contribution in [0.25, 0.3) is 0 Å². The molecule has 3 rings (SSSR count). The maximum absolute atomic E-state index is 12.2. The average molecular weight is 358 g/mol. The number of anilines is 2. The number of nitrogens with one attached hydrogen (secondary N) is 1. The first-order valence-corrected chi connectivity index (χ1v) is 9.23. The quantitative estimate of drug-likeness (QED) is 0.803. The molecule has 1 heterocycles. The molecule has 0 radical (unpaired) electrons. The fourth-order valence-corrected chi connectivity index (χ4v) is 3.48. The van der Waals surface area contributed by atoms with Gasteiger partial charge in [0.25, 0.3) is 0 Å². The monoisotopic (exact) mass is 358 g/mol. The summed E-state index contributed by atoms with van der Waals surface area (Å²) in [6, 6.07) is 15.7. The van der Waals surface area contributed by atoms with Crippen LogP contribution < -0.4 is 15.0 Å². The van der Waals surface area contributed by atoms with Crippen molar-refractivity contribution in [2.45, 2.75) is 4.90 Å². The minimum absolute atomic E-state index is 0.0324. The molecular formula is C19H22N2O3S. The third-order valence-corrected chi connectivity index (χ3v) is 5.01. The first kappa shape index (κ1) is 17.6. The number of benzene rings is 2. The molecule has 1 N–H and O–H groups in total. The van der Waals surface area contributed by atoms with Crippen molar-refractivity contribution in [3.63, 3.8) is 0 Å². The molecule has 0 saturated carbocycles. The van der Waals surface area contributed by atoms with E-state index in [1.54, 1.807) is 7.11 Å². The first-order chi connectivity index (χ1) is 12.3. The van der Waals surface area contributed by atoms with Gasteiger partial charge in [-0.2, -0.15) is 0 Å². The number of carbonyl (C=O) groups excluding carboxylic acids is 1. The second-order valence-electron chi connectivity index (χ2n) is 5.63. The third-order valence-electron chi connectivity index (χ3n) is 3.96. The Hall–Kier alpha value is -2.18. The molecule has 132 valence electrons. The van der Waals surface area contributed by atoms with Crippen molar-refractivity contribution < 1.29 is 14.3 Å². The molecule has 0 bridgehead atoms. The topological polar surface area (TPSA) is 50.8 Å². The standard InChI is InChI=1S/C19H22N2O3S/c1-23-17-4-2-3-5-18(17)25-14-19(22)20-15-6-8-16(9-7-15)21-10-12-24-13-11-21/h2-9H,10-14H2,1H3,(H,20,22). The number of amides is 1. The predicted molar refractivity (Wildman–Crippen MR) is 102 cm³/mol. The van der Waals surface area contributed by atoms with Crippen molar-refractivity contribution in [3.8, 4) is 5.75 Å². The van der Waals surface area contributed by atoms with Crippen LogP contribution in [-0.4, -0.2) is 45.1 Å². The summed E-state index contributed by atoms with van der Waals surface area (Å²) in [6.45, 7) is 3.33. The molecule has 5 nitrogen and oxygen atoms in total. The minimum atomic E-state index is -0.0324. The molecule has 0 aromatic heterocycles. The number of nitrogens with zero attached hydrogens (tertiary/aromatic N) is 1. The lowest BCUT2D eigenvalue weighted by Gasteiger charge is -2.28. The summed E-state index contributed by atoms with van der Waals surface area (Å²) in [6.07, 6.45) is 0. The van der Waals surface area contributed by atoms with E-state index in [1.165, 1.54) is 11.8 Å². The Labute approximate surface area is 152 Å². The van der Waals surface area contributed by atoms with Crippen molar-refractivity contribution in [1.29, 1.82) is 0 Å². The fraction of sp³-hybridized carbons (Fsp3) is 0.316. The number of rotatable bonds is 6. The lowest BCUT2D eigenvalue weighted by molar-refractivity contribution is -0.113. The summed E-state index contributed by atoms with van der Waals surface area (Å²) >= 11 is 1.47. The Balaban J connectivity index is 1.52. The van der Waals surface area contributed by atoms with Gasteiger partial charge in [0.15, 0.2) is 0 Å². The molecule has 1 aliphatic rings. The molecule has 1 aliphatic heterocycles. The van der Waals surface area contributed by atoms with E-state index < -0.39 is 0 Å². The summed E-state index contributed by atoms with van der Waals surface area (Å²) in [5.74, 6) is 1.09. The summed E-state index contributed by atoms with van der Waals surface area (Å²) in [5.41, 5.74) is 1.97. The molecule has 2 aromatic carbocycles. The number of para-hydroxylation sites is 1. The first-order valence-electron chi connectivity index (χ1n) is 8.24. The van der Waals surface area contributed by atoms with E-state index in [9.17, 15) is 4.79 Å². The molecular weight excluding hydrogens is 336 g/mol. The van der Waals surface area contributed by atoms with Gasteiger partial charge in [0, 0.05) is 29.4 Å². The molecule has 0 spiro atoms. The highest BCUT2D eigenvalue weighted by Crippen LogP contribution is 2.28. The number of ether oxygens (including phenoxy) is 2. The molecule has 25 heavy (non-hydrogen) atoms. The smallest absolute Gasteiger partial charge is 0.234 e. The molecule has 0 atom stereocenters. The van der Waals surface area contributed by atoms with Gasteiger partial charge in [-0.15, -0.1) is 11.8 Å². The van der Waals surface area contributed by atoms with Gasteiger partial charge in [0.05, 0.1) is 26.1 Å². The molecule has 1 amide bonds. The Kier molecular flexibility index (Phi) is 6.19. The Morgan fingerprint density at radius 2 is 1.88 bits per heavy atom. The van der Waals surface area contributed by atoms with E-state index in [-0.39, 0.29) is 5.91 Å². The molecule has 1 saturated heterocycles. The maximum atomic E-state index is 12.2. The van der Waals surface area contributed by atoms with Gasteiger partial charge in [-0.1, -0.05) is 12.1 Å². The van der Waals surface area contributed by atoms with Gasteiger partial charge in [-0.3, -0.25) is 4.79 Å². The molecule has 6 heteroatoms. The second-order valence-corrected chi connectivity index (χ2v) is 6.65. The number of methoxy groups -OCH3 is 1. The predicted octanol–water partition coefficient (Wildman–Crippen LogP) is 3.26. The van der Waals surface area contributed by atoms with Crippen molar-refractivity contribution in [2.75, 3.05) is 49.4 Å². The molecule has 2 aromatic rings. The van der Waals surface area contributed by atoms with Crippen LogP contribution in [0.2, 0.25) is 0 Å². The van der Waals surface area contributed by atoms with Gasteiger partial charge in [-0.25, -0.2) is 0 Å².